The fraction of sp³-hybridized carbons (Fsp3) is 0.400. The fourth-order valence-corrected chi connectivity index (χ4v) is 2.26. The minimum Gasteiger partial charge on any atom is -0.841 e. The van der Waals surface area contributed by atoms with E-state index in [0.29, 0.717) is 0 Å². The van der Waals surface area contributed by atoms with E-state index in [1.165, 1.54) is 10.6 Å². The maximum absolute atomic E-state index is 10.2. The molecule has 2 unspecified atom stereocenters. The van der Waals surface area contributed by atoms with Crippen LogP contribution in [-0.4, -0.2) is 50.4 Å². The average molecular weight is 454 g/mol. The third kappa shape index (κ3) is 15.8. The number of hydrogen-bond donors (Lipinski definition) is 0. The van der Waals surface area contributed by atoms with Crippen molar-refractivity contribution in [2.75, 3.05) is 28.2 Å². The molecule has 2 aromatic rings. The van der Waals surface area contributed by atoms with Gasteiger partial charge in [0.1, 0.15) is 0 Å². The molecule has 0 aliphatic rings. The molecule has 2 rings (SSSR count). The molecule has 0 aliphatic carbocycles. The Balaban J connectivity index is 0. The average Bonchev–Trinajstić information content (AvgIpc) is 2.57. The molecule has 0 aromatic heterocycles. The van der Waals surface area contributed by atoms with E-state index >= 15 is 0 Å². The van der Waals surface area contributed by atoms with Crippen LogP contribution in [-0.2, 0) is 26.2 Å². The topological polar surface area (TPSA) is 52.6 Å². The Labute approximate surface area is 180 Å². The van der Waals surface area contributed by atoms with Gasteiger partial charge in [-0.05, 0) is 38.8 Å². The monoisotopic (exact) mass is 452 g/mol. The van der Waals surface area contributed by atoms with Gasteiger partial charge in [0.05, 0.1) is 0 Å². The van der Waals surface area contributed by atoms with Gasteiger partial charge in [-0.3, -0.25) is 0 Å². The zero-order chi connectivity index (χ0) is 19.2. The van der Waals surface area contributed by atoms with Crippen LogP contribution in [0, 0.1) is 0 Å². The SMILES string of the molecule is CC([O-])N(C)C.CC([O-])N(C)C.[Zr+2].c1ccc(Pc2ccccc2)cc1. The summed E-state index contributed by atoms with van der Waals surface area (Å²) in [6.07, 6.45) is -1.13. The second-order valence-corrected chi connectivity index (χ2v) is 7.39. The molecule has 0 saturated heterocycles. The van der Waals surface area contributed by atoms with Crippen molar-refractivity contribution in [1.82, 2.24) is 9.80 Å². The summed E-state index contributed by atoms with van der Waals surface area (Å²) in [6, 6.07) is 21.2. The van der Waals surface area contributed by atoms with Gasteiger partial charge in [-0.15, -0.1) is 0 Å². The van der Waals surface area contributed by atoms with Gasteiger partial charge in [0.2, 0.25) is 0 Å². The smallest absolute Gasteiger partial charge is 0.841 e. The Bertz CT molecular complexity index is 477. The first-order chi connectivity index (χ1) is 11.7. The Kier molecular flexibility index (Phi) is 17.9. The number of hydrogen-bond acceptors (Lipinski definition) is 4. The maximum Gasteiger partial charge on any atom is 2.00 e. The summed E-state index contributed by atoms with van der Waals surface area (Å²) in [5.74, 6) is 0. The van der Waals surface area contributed by atoms with Gasteiger partial charge in [0, 0.05) is 0 Å². The van der Waals surface area contributed by atoms with E-state index in [1.54, 1.807) is 51.8 Å². The number of rotatable bonds is 4. The molecule has 0 spiro atoms. The second kappa shape index (κ2) is 16.7. The van der Waals surface area contributed by atoms with Gasteiger partial charge in [0.25, 0.3) is 0 Å². The van der Waals surface area contributed by atoms with Crippen LogP contribution in [0.5, 0.6) is 0 Å². The summed E-state index contributed by atoms with van der Waals surface area (Å²) in [6.45, 7) is 3.22. The molecule has 6 heteroatoms. The molecule has 4 nitrogen and oxygen atoms in total. The summed E-state index contributed by atoms with van der Waals surface area (Å²) >= 11 is 0. The van der Waals surface area contributed by atoms with E-state index in [9.17, 15) is 10.2 Å². The van der Waals surface area contributed by atoms with Crippen molar-refractivity contribution in [3.05, 3.63) is 60.7 Å². The Morgan fingerprint density at radius 3 is 1.08 bits per heavy atom. The van der Waals surface area contributed by atoms with Gasteiger partial charge >= 0.3 is 26.2 Å². The van der Waals surface area contributed by atoms with Gasteiger partial charge in [0.15, 0.2) is 0 Å². The van der Waals surface area contributed by atoms with Crippen LogP contribution in [0.3, 0.4) is 0 Å². The predicted octanol–water partition coefficient (Wildman–Crippen LogP) is 0.822. The third-order valence-corrected chi connectivity index (χ3v) is 4.53. The molecule has 0 N–H and O–H groups in total. The molecular formula is C20H31N2O2PZr. The molecule has 0 saturated carbocycles. The molecule has 0 radical (unpaired) electrons. The van der Waals surface area contributed by atoms with Crippen molar-refractivity contribution in [3.8, 4) is 0 Å². The molecule has 0 heterocycles. The first kappa shape index (κ1) is 27.8. The first-order valence-electron chi connectivity index (χ1n) is 8.25. The summed E-state index contributed by atoms with van der Waals surface area (Å²) < 4.78 is 0. The maximum atomic E-state index is 10.2. The molecule has 26 heavy (non-hydrogen) atoms. The van der Waals surface area contributed by atoms with Crippen LogP contribution in [0.4, 0.5) is 0 Å². The number of benzene rings is 2. The zero-order valence-corrected chi connectivity index (χ0v) is 20.1. The molecule has 142 valence electrons. The molecule has 2 atom stereocenters. The minimum absolute atomic E-state index is 0. The van der Waals surface area contributed by atoms with E-state index in [1.807, 2.05) is 0 Å². The summed E-state index contributed by atoms with van der Waals surface area (Å²) in [5, 5.41) is 23.1. The van der Waals surface area contributed by atoms with Gasteiger partial charge in [-0.1, -0.05) is 95.5 Å². The molecule has 0 bridgehead atoms. The zero-order valence-electron chi connectivity index (χ0n) is 16.6. The molecule has 0 amide bonds. The van der Waals surface area contributed by atoms with Crippen LogP contribution in [0.2, 0.25) is 0 Å². The van der Waals surface area contributed by atoms with Crippen LogP contribution in [0.15, 0.2) is 60.7 Å². The van der Waals surface area contributed by atoms with E-state index < -0.39 is 12.5 Å². The summed E-state index contributed by atoms with van der Waals surface area (Å²) in [5.41, 5.74) is 0. The molecule has 2 aromatic carbocycles. The van der Waals surface area contributed by atoms with Gasteiger partial charge in [-0.25, -0.2) is 0 Å². The van der Waals surface area contributed by atoms with Crippen molar-refractivity contribution in [2.45, 2.75) is 26.3 Å². The van der Waals surface area contributed by atoms with Crippen molar-refractivity contribution in [2.24, 2.45) is 0 Å². The standard InChI is InChI=1S/C12H11P.2C4H10NO.Zr/c1-3-7-11(8-4-1)13-12-9-5-2-6-10-12;2*1-4(6)5(2)3;/h1-10,13H;2*4H,1-3H3;/q;2*-1;+2. The van der Waals surface area contributed by atoms with Crippen LogP contribution in [0.1, 0.15) is 13.8 Å². The van der Waals surface area contributed by atoms with E-state index in [-0.39, 0.29) is 26.2 Å². The Morgan fingerprint density at radius 1 is 0.654 bits per heavy atom. The molecular weight excluding hydrogens is 422 g/mol. The van der Waals surface area contributed by atoms with Crippen molar-refractivity contribution >= 4 is 19.2 Å². The van der Waals surface area contributed by atoms with Crippen LogP contribution < -0.4 is 20.8 Å². The van der Waals surface area contributed by atoms with Crippen LogP contribution in [0.25, 0.3) is 0 Å². The van der Waals surface area contributed by atoms with E-state index in [0.717, 1.165) is 8.58 Å². The first-order valence-corrected chi connectivity index (χ1v) is 9.25. The van der Waals surface area contributed by atoms with Gasteiger partial charge in [-0.2, -0.15) is 0 Å². The van der Waals surface area contributed by atoms with Crippen molar-refractivity contribution in [1.29, 1.82) is 0 Å². The largest absolute Gasteiger partial charge is 2.00 e. The van der Waals surface area contributed by atoms with E-state index in [4.69, 9.17) is 0 Å². The van der Waals surface area contributed by atoms with Crippen molar-refractivity contribution < 1.29 is 36.4 Å². The van der Waals surface area contributed by atoms with E-state index in [2.05, 4.69) is 60.7 Å². The molecule has 0 fully saturated rings. The van der Waals surface area contributed by atoms with Gasteiger partial charge < -0.3 is 20.0 Å². The van der Waals surface area contributed by atoms with Crippen LogP contribution >= 0.6 is 8.58 Å². The molecule has 0 aliphatic heterocycles. The third-order valence-electron chi connectivity index (χ3n) is 3.29. The predicted molar refractivity (Wildman–Crippen MR) is 107 cm³/mol. The van der Waals surface area contributed by atoms with Crippen molar-refractivity contribution in [3.63, 3.8) is 0 Å². The summed E-state index contributed by atoms with van der Waals surface area (Å²) in [4.78, 5) is 3.22. The Hall–Kier alpha value is -0.407. The Morgan fingerprint density at radius 2 is 0.885 bits per heavy atom. The minimum atomic E-state index is -0.565. The fourth-order valence-electron chi connectivity index (χ4n) is 1.21. The quantitative estimate of drug-likeness (QED) is 0.508. The summed E-state index contributed by atoms with van der Waals surface area (Å²) in [7, 11) is 7.82. The normalized spacial score (nSPS) is 12.1. The second-order valence-electron chi connectivity index (χ2n) is 5.98. The number of nitrogens with zero attached hydrogens (tertiary/aromatic N) is 2.